The van der Waals surface area contributed by atoms with Gasteiger partial charge in [-0.15, -0.1) is 11.3 Å². The number of benzene rings is 2. The third-order valence-corrected chi connectivity index (χ3v) is 9.02. The van der Waals surface area contributed by atoms with Crippen LogP contribution in [-0.2, 0) is 16.6 Å². The van der Waals surface area contributed by atoms with Crippen LogP contribution in [0.5, 0.6) is 0 Å². The fourth-order valence-electron chi connectivity index (χ4n) is 3.82. The number of fused-ring (bicyclic) bond motifs is 2. The maximum Gasteiger partial charge on any atom is 0.323 e. The van der Waals surface area contributed by atoms with Gasteiger partial charge < -0.3 is 9.97 Å². The van der Waals surface area contributed by atoms with Gasteiger partial charge in [-0.25, -0.2) is 13.2 Å². The van der Waals surface area contributed by atoms with E-state index in [0.717, 1.165) is 20.0 Å². The number of aromatic nitrogens is 2. The Labute approximate surface area is 181 Å². The number of imidazole rings is 1. The smallest absolute Gasteiger partial charge is 0.306 e. The van der Waals surface area contributed by atoms with Crippen LogP contribution in [0.4, 0.5) is 0 Å². The van der Waals surface area contributed by atoms with Crippen LogP contribution in [0.15, 0.2) is 52.2 Å². The molecule has 2 N–H and O–H groups in total. The lowest BCUT2D eigenvalue weighted by Crippen LogP contribution is -2.48. The van der Waals surface area contributed by atoms with Gasteiger partial charge in [0, 0.05) is 47.7 Å². The van der Waals surface area contributed by atoms with Gasteiger partial charge in [-0.3, -0.25) is 4.90 Å². The first kappa shape index (κ1) is 19.8. The second-order valence-electron chi connectivity index (χ2n) is 7.30. The molecule has 0 unspecified atom stereocenters. The van der Waals surface area contributed by atoms with Crippen LogP contribution in [0.3, 0.4) is 0 Å². The molecule has 5 rings (SSSR count). The van der Waals surface area contributed by atoms with Gasteiger partial charge in [-0.2, -0.15) is 4.31 Å². The highest BCUT2D eigenvalue weighted by molar-refractivity contribution is 7.89. The molecule has 1 fully saturated rings. The number of nitrogens with one attached hydrogen (secondary N) is 2. The van der Waals surface area contributed by atoms with Crippen LogP contribution in [0.25, 0.3) is 21.1 Å². The second-order valence-corrected chi connectivity index (χ2v) is 10.8. The first-order valence-corrected chi connectivity index (χ1v) is 12.2. The highest BCUT2D eigenvalue weighted by Crippen LogP contribution is 2.36. The van der Waals surface area contributed by atoms with Crippen molar-refractivity contribution in [1.82, 2.24) is 19.2 Å². The average Bonchev–Trinajstić information content (AvgIpc) is 3.27. The van der Waals surface area contributed by atoms with Gasteiger partial charge in [-0.1, -0.05) is 29.8 Å². The molecule has 0 saturated carbocycles. The molecule has 4 aromatic rings. The molecule has 1 aliphatic heterocycles. The largest absolute Gasteiger partial charge is 0.323 e. The van der Waals surface area contributed by atoms with Crippen LogP contribution in [0.1, 0.15) is 4.88 Å². The summed E-state index contributed by atoms with van der Waals surface area (Å²) in [6.45, 7) is 2.79. The molecule has 0 amide bonds. The van der Waals surface area contributed by atoms with Gasteiger partial charge in [-0.05, 0) is 24.3 Å². The SMILES string of the molecule is O=c1[nH]c2ccc(S(=O)(=O)N3CCN(Cc4sc5ccccc5c4Cl)CC3)cc2[nH]1. The quantitative estimate of drug-likeness (QED) is 0.487. The third kappa shape index (κ3) is 3.46. The number of halogens is 1. The van der Waals surface area contributed by atoms with Crippen LogP contribution in [0, 0.1) is 0 Å². The normalized spacial score (nSPS) is 16.6. The molecule has 1 saturated heterocycles. The summed E-state index contributed by atoms with van der Waals surface area (Å²) in [6.07, 6.45) is 0. The Morgan fingerprint density at radius 2 is 1.73 bits per heavy atom. The fraction of sp³-hybridized carbons (Fsp3) is 0.250. The van der Waals surface area contributed by atoms with E-state index >= 15 is 0 Å². The van der Waals surface area contributed by atoms with E-state index in [1.165, 1.54) is 16.4 Å². The summed E-state index contributed by atoms with van der Waals surface area (Å²) in [6, 6.07) is 12.7. The lowest BCUT2D eigenvalue weighted by atomic mass is 10.2. The standard InChI is InChI=1S/C20H19ClN4O3S2/c21-19-14-3-1-2-4-17(14)29-18(19)12-24-7-9-25(10-8-24)30(27,28)13-5-6-15-16(11-13)23-20(26)22-15/h1-6,11H,7-10,12H2,(H2,22,23,26). The third-order valence-electron chi connectivity index (χ3n) is 5.43. The van der Waals surface area contributed by atoms with E-state index in [1.807, 2.05) is 18.2 Å². The van der Waals surface area contributed by atoms with Crippen molar-refractivity contribution in [1.29, 1.82) is 0 Å². The van der Waals surface area contributed by atoms with Crippen molar-refractivity contribution in [3.63, 3.8) is 0 Å². The van der Waals surface area contributed by atoms with Crippen molar-refractivity contribution in [2.45, 2.75) is 11.4 Å². The van der Waals surface area contributed by atoms with Crippen LogP contribution in [-0.4, -0.2) is 53.8 Å². The molecular formula is C20H19ClN4O3S2. The number of aromatic amines is 2. The monoisotopic (exact) mass is 462 g/mol. The predicted octanol–water partition coefficient (Wildman–Crippen LogP) is 3.23. The first-order chi connectivity index (χ1) is 14.4. The summed E-state index contributed by atoms with van der Waals surface area (Å²) in [5.41, 5.74) is 0.719. The molecule has 2 aromatic heterocycles. The van der Waals surface area contributed by atoms with Gasteiger partial charge >= 0.3 is 5.69 Å². The summed E-state index contributed by atoms with van der Waals surface area (Å²) in [5.74, 6) is 0. The van der Waals surface area contributed by atoms with Crippen LogP contribution >= 0.6 is 22.9 Å². The van der Waals surface area contributed by atoms with E-state index in [4.69, 9.17) is 11.6 Å². The van der Waals surface area contributed by atoms with Crippen molar-refractivity contribution < 1.29 is 8.42 Å². The molecule has 7 nitrogen and oxygen atoms in total. The Balaban J connectivity index is 1.30. The van der Waals surface area contributed by atoms with E-state index in [2.05, 4.69) is 20.9 Å². The number of nitrogens with zero attached hydrogens (tertiary/aromatic N) is 2. The van der Waals surface area contributed by atoms with Gasteiger partial charge in [0.25, 0.3) is 0 Å². The molecule has 3 heterocycles. The number of sulfonamides is 1. The van der Waals surface area contributed by atoms with E-state index in [1.54, 1.807) is 17.4 Å². The molecule has 1 aliphatic rings. The van der Waals surface area contributed by atoms with Crippen molar-refractivity contribution in [3.8, 4) is 0 Å². The van der Waals surface area contributed by atoms with Gasteiger partial charge in [0.05, 0.1) is 21.0 Å². The molecule has 0 bridgehead atoms. The molecular weight excluding hydrogens is 444 g/mol. The zero-order valence-electron chi connectivity index (χ0n) is 15.9. The molecule has 0 aliphatic carbocycles. The van der Waals surface area contributed by atoms with E-state index in [-0.39, 0.29) is 10.6 Å². The highest BCUT2D eigenvalue weighted by atomic mass is 35.5. The summed E-state index contributed by atoms with van der Waals surface area (Å²) >= 11 is 8.24. The van der Waals surface area contributed by atoms with Crippen LogP contribution in [0.2, 0.25) is 5.02 Å². The summed E-state index contributed by atoms with van der Waals surface area (Å²) in [4.78, 5) is 20.2. The number of rotatable bonds is 4. The molecule has 0 atom stereocenters. The lowest BCUT2D eigenvalue weighted by molar-refractivity contribution is 0.183. The second kappa shape index (κ2) is 7.51. The number of thiophene rings is 1. The fourth-order valence-corrected chi connectivity index (χ4v) is 6.80. The van der Waals surface area contributed by atoms with Gasteiger partial charge in [0.1, 0.15) is 0 Å². The Bertz CT molecular complexity index is 1400. The Morgan fingerprint density at radius 1 is 1.00 bits per heavy atom. The van der Waals surface area contributed by atoms with Crippen molar-refractivity contribution >= 4 is 54.1 Å². The van der Waals surface area contributed by atoms with Crippen molar-refractivity contribution in [2.24, 2.45) is 0 Å². The topological polar surface area (TPSA) is 89.3 Å². The zero-order chi connectivity index (χ0) is 20.9. The molecule has 156 valence electrons. The predicted molar refractivity (Wildman–Crippen MR) is 120 cm³/mol. The molecule has 2 aromatic carbocycles. The van der Waals surface area contributed by atoms with Gasteiger partial charge in [0.15, 0.2) is 0 Å². The van der Waals surface area contributed by atoms with Crippen LogP contribution < -0.4 is 5.69 Å². The van der Waals surface area contributed by atoms with E-state index < -0.39 is 10.0 Å². The Morgan fingerprint density at radius 3 is 2.50 bits per heavy atom. The van der Waals surface area contributed by atoms with E-state index in [9.17, 15) is 13.2 Å². The molecule has 10 heteroatoms. The number of hydrogen-bond donors (Lipinski definition) is 2. The number of piperazine rings is 1. The Kier molecular flexibility index (Phi) is 4.95. The minimum Gasteiger partial charge on any atom is -0.306 e. The minimum absolute atomic E-state index is 0.186. The summed E-state index contributed by atoms with van der Waals surface area (Å²) in [7, 11) is -3.62. The molecule has 30 heavy (non-hydrogen) atoms. The van der Waals surface area contributed by atoms with Crippen molar-refractivity contribution in [3.05, 3.63) is 62.8 Å². The number of hydrogen-bond acceptors (Lipinski definition) is 5. The summed E-state index contributed by atoms with van der Waals surface area (Å²) in [5, 5.41) is 1.86. The molecule has 0 spiro atoms. The summed E-state index contributed by atoms with van der Waals surface area (Å²) < 4.78 is 28.8. The first-order valence-electron chi connectivity index (χ1n) is 9.52. The maximum atomic E-state index is 13.1. The Hall–Kier alpha value is -2.17. The van der Waals surface area contributed by atoms with Gasteiger partial charge in [0.2, 0.25) is 10.0 Å². The average molecular weight is 463 g/mol. The van der Waals surface area contributed by atoms with Crippen molar-refractivity contribution in [2.75, 3.05) is 26.2 Å². The highest BCUT2D eigenvalue weighted by Gasteiger charge is 2.29. The lowest BCUT2D eigenvalue weighted by Gasteiger charge is -2.33. The maximum absolute atomic E-state index is 13.1. The number of H-pyrrole nitrogens is 2. The minimum atomic E-state index is -3.62. The zero-order valence-corrected chi connectivity index (χ0v) is 18.3. The van der Waals surface area contributed by atoms with E-state index in [0.29, 0.717) is 43.8 Å². The molecule has 0 radical (unpaired) electrons.